The Bertz CT molecular complexity index is 159. The smallest absolute Gasteiger partial charge is 0.449 e. The fraction of sp³-hybridized carbons (Fsp3) is 1.00. The van der Waals surface area contributed by atoms with Crippen molar-refractivity contribution >= 4 is 6.98 Å². The van der Waals surface area contributed by atoms with Crippen LogP contribution in [-0.2, 0) is 0 Å². The summed E-state index contributed by atoms with van der Waals surface area (Å²) >= 11 is 0. The van der Waals surface area contributed by atoms with E-state index in [9.17, 15) is 12.9 Å². The van der Waals surface area contributed by atoms with Crippen molar-refractivity contribution in [3.8, 4) is 0 Å². The van der Waals surface area contributed by atoms with Crippen LogP contribution in [-0.4, -0.2) is 6.98 Å². The van der Waals surface area contributed by atoms with Crippen molar-refractivity contribution in [3.63, 3.8) is 0 Å². The molecule has 0 amide bonds. The third kappa shape index (κ3) is 2.11. The first-order chi connectivity index (χ1) is 5.11. The molecule has 0 heterocycles. The minimum absolute atomic E-state index is 0. The van der Waals surface area contributed by atoms with Crippen molar-refractivity contribution in [1.29, 1.82) is 0 Å². The molecule has 64 valence electrons. The summed E-state index contributed by atoms with van der Waals surface area (Å²) in [7, 11) is 0. The second kappa shape index (κ2) is 3.93. The molecule has 2 fully saturated rings. The predicted molar refractivity (Wildman–Crippen MR) is 38.3 cm³/mol. The van der Waals surface area contributed by atoms with Gasteiger partial charge in [0.25, 0.3) is 0 Å². The zero-order valence-electron chi connectivity index (χ0n) is 7.27. The normalized spacial score (nSPS) is 39.8. The number of rotatable bonds is 1. The van der Waals surface area contributed by atoms with Gasteiger partial charge in [0, 0.05) is 0 Å². The summed E-state index contributed by atoms with van der Waals surface area (Å²) in [4.78, 5) is 0. The van der Waals surface area contributed by atoms with Crippen molar-refractivity contribution in [2.75, 3.05) is 0 Å². The topological polar surface area (TPSA) is 0 Å². The van der Waals surface area contributed by atoms with Crippen molar-refractivity contribution in [2.24, 2.45) is 11.8 Å². The molecule has 0 nitrogen and oxygen atoms in total. The van der Waals surface area contributed by atoms with E-state index in [4.69, 9.17) is 0 Å². The fourth-order valence-electron chi connectivity index (χ4n) is 2.61. The SMILES string of the molecule is F[B-](F)(F)C1[C@H]2CCCC[C@@H]12.[K+]. The average molecular weight is 202 g/mol. The Hall–Kier alpha value is 1.49. The molecule has 12 heavy (non-hydrogen) atoms. The maximum absolute atomic E-state index is 12.2. The Labute approximate surface area is 113 Å². The first-order valence-electron chi connectivity index (χ1n) is 4.30. The third-order valence-corrected chi connectivity index (χ3v) is 3.16. The number of hydrogen-bond donors (Lipinski definition) is 0. The van der Waals surface area contributed by atoms with E-state index in [2.05, 4.69) is 0 Å². The molecule has 2 saturated carbocycles. The predicted octanol–water partition coefficient (Wildman–Crippen LogP) is 0.0280. The number of halogens is 3. The summed E-state index contributed by atoms with van der Waals surface area (Å²) in [5, 5.41) is 0. The van der Waals surface area contributed by atoms with E-state index in [1.165, 1.54) is 0 Å². The summed E-state index contributed by atoms with van der Waals surface area (Å²) < 4.78 is 36.6. The average Bonchev–Trinajstić information content (AvgIpc) is 2.58. The Morgan fingerprint density at radius 2 is 1.33 bits per heavy atom. The van der Waals surface area contributed by atoms with Crippen molar-refractivity contribution in [3.05, 3.63) is 0 Å². The largest absolute Gasteiger partial charge is 1.00 e. The standard InChI is InChI=1S/C7H11BF3.K/c9-8(10,11)7-5-3-1-2-4-6(5)7;/h5-7H,1-4H2;/q-1;+1/t5-,6+,7?;. The molecule has 0 bridgehead atoms. The molecule has 0 spiro atoms. The summed E-state index contributed by atoms with van der Waals surface area (Å²) in [5.74, 6) is -0.801. The Morgan fingerprint density at radius 1 is 0.917 bits per heavy atom. The van der Waals surface area contributed by atoms with Crippen molar-refractivity contribution in [1.82, 2.24) is 0 Å². The van der Waals surface area contributed by atoms with Crippen LogP contribution in [0.2, 0.25) is 5.82 Å². The first kappa shape index (κ1) is 11.6. The Kier molecular flexibility index (Phi) is 3.79. The van der Waals surface area contributed by atoms with Gasteiger partial charge >= 0.3 is 58.4 Å². The molecular formula is C7H11BF3K. The summed E-state index contributed by atoms with van der Waals surface area (Å²) in [6, 6.07) is 0. The van der Waals surface area contributed by atoms with Crippen LogP contribution in [0.1, 0.15) is 25.7 Å². The van der Waals surface area contributed by atoms with Crippen LogP contribution < -0.4 is 51.4 Å². The zero-order valence-corrected chi connectivity index (χ0v) is 10.4. The van der Waals surface area contributed by atoms with E-state index < -0.39 is 12.8 Å². The molecule has 0 saturated heterocycles. The quantitative estimate of drug-likeness (QED) is 0.526. The first-order valence-corrected chi connectivity index (χ1v) is 4.30. The van der Waals surface area contributed by atoms with Gasteiger partial charge in [0.2, 0.25) is 0 Å². The maximum atomic E-state index is 12.2. The van der Waals surface area contributed by atoms with Gasteiger partial charge in [-0.15, -0.1) is 0 Å². The molecule has 0 aromatic carbocycles. The summed E-state index contributed by atoms with van der Waals surface area (Å²) in [6.45, 7) is -4.51. The van der Waals surface area contributed by atoms with Crippen LogP contribution in [0.15, 0.2) is 0 Å². The Balaban J connectivity index is 0.000000720. The Morgan fingerprint density at radius 3 is 1.67 bits per heavy atom. The molecular weight excluding hydrogens is 191 g/mol. The molecule has 0 radical (unpaired) electrons. The second-order valence-electron chi connectivity index (χ2n) is 3.81. The van der Waals surface area contributed by atoms with Crippen molar-refractivity contribution < 1.29 is 64.3 Å². The van der Waals surface area contributed by atoms with Gasteiger partial charge in [-0.2, -0.15) is 0 Å². The van der Waals surface area contributed by atoms with Crippen molar-refractivity contribution in [2.45, 2.75) is 31.5 Å². The van der Waals surface area contributed by atoms with Crippen LogP contribution in [0.5, 0.6) is 0 Å². The molecule has 3 atom stereocenters. The molecule has 5 heteroatoms. The van der Waals surface area contributed by atoms with E-state index in [0.29, 0.717) is 0 Å². The molecule has 0 N–H and O–H groups in total. The maximum Gasteiger partial charge on any atom is 1.00 e. The summed E-state index contributed by atoms with van der Waals surface area (Å²) in [5.41, 5.74) is 0. The second-order valence-corrected chi connectivity index (χ2v) is 3.81. The zero-order chi connectivity index (χ0) is 8.06. The van der Waals surface area contributed by atoms with Gasteiger partial charge in [-0.1, -0.05) is 43.3 Å². The van der Waals surface area contributed by atoms with E-state index in [1.54, 1.807) is 0 Å². The van der Waals surface area contributed by atoms with Gasteiger partial charge in [0.05, 0.1) is 0 Å². The van der Waals surface area contributed by atoms with E-state index >= 15 is 0 Å². The number of hydrogen-bond acceptors (Lipinski definition) is 0. The molecule has 0 aromatic heterocycles. The van der Waals surface area contributed by atoms with Gasteiger partial charge in [-0.05, 0) is 0 Å². The van der Waals surface area contributed by atoms with E-state index in [-0.39, 0.29) is 63.2 Å². The molecule has 0 aliphatic heterocycles. The molecule has 1 unspecified atom stereocenters. The van der Waals surface area contributed by atoms with E-state index in [1.807, 2.05) is 0 Å². The van der Waals surface area contributed by atoms with Gasteiger partial charge in [-0.25, -0.2) is 0 Å². The van der Waals surface area contributed by atoms with Crippen LogP contribution in [0, 0.1) is 11.8 Å². The monoisotopic (exact) mass is 202 g/mol. The van der Waals surface area contributed by atoms with Crippen LogP contribution >= 0.6 is 0 Å². The number of fused-ring (bicyclic) bond motifs is 1. The van der Waals surface area contributed by atoms with E-state index in [0.717, 1.165) is 25.7 Å². The van der Waals surface area contributed by atoms with Gasteiger partial charge < -0.3 is 12.9 Å². The van der Waals surface area contributed by atoms with Gasteiger partial charge in [0.1, 0.15) is 0 Å². The van der Waals surface area contributed by atoms with Gasteiger partial charge in [0.15, 0.2) is 0 Å². The van der Waals surface area contributed by atoms with Gasteiger partial charge in [-0.3, -0.25) is 0 Å². The van der Waals surface area contributed by atoms with Crippen LogP contribution in [0.3, 0.4) is 0 Å². The molecule has 2 rings (SSSR count). The van der Waals surface area contributed by atoms with Crippen LogP contribution in [0.25, 0.3) is 0 Å². The molecule has 0 aromatic rings. The minimum Gasteiger partial charge on any atom is -0.449 e. The molecule has 2 aliphatic rings. The summed E-state index contributed by atoms with van der Waals surface area (Å²) in [6.07, 6.45) is 3.70. The van der Waals surface area contributed by atoms with Crippen LogP contribution in [0.4, 0.5) is 12.9 Å². The third-order valence-electron chi connectivity index (χ3n) is 3.16. The minimum atomic E-state index is -4.51. The molecule has 2 aliphatic carbocycles. The fourth-order valence-corrected chi connectivity index (χ4v) is 2.61.